The Morgan fingerprint density at radius 3 is 2.60 bits per heavy atom. The van der Waals surface area contributed by atoms with Crippen molar-refractivity contribution in [1.82, 2.24) is 5.32 Å². The molecule has 0 saturated carbocycles. The number of urea groups is 1. The zero-order valence-corrected chi connectivity index (χ0v) is 11.5. The number of hydrogen-bond donors (Lipinski definition) is 2. The highest BCUT2D eigenvalue weighted by atomic mass is 35.5. The Kier molecular flexibility index (Phi) is 4.96. The van der Waals surface area contributed by atoms with Gasteiger partial charge in [0.15, 0.2) is 0 Å². The summed E-state index contributed by atoms with van der Waals surface area (Å²) in [6.45, 7) is 0.506. The number of anilines is 1. The fourth-order valence-electron chi connectivity index (χ4n) is 1.71. The largest absolute Gasteiger partial charge is 0.338 e. The van der Waals surface area contributed by atoms with Gasteiger partial charge in [0.2, 0.25) is 0 Å². The van der Waals surface area contributed by atoms with Gasteiger partial charge >= 0.3 is 6.03 Å². The van der Waals surface area contributed by atoms with Crippen LogP contribution in [0.25, 0.3) is 0 Å². The van der Waals surface area contributed by atoms with E-state index in [2.05, 4.69) is 10.6 Å². The number of hydrogen-bond acceptors (Lipinski definition) is 1. The van der Waals surface area contributed by atoms with Crippen molar-refractivity contribution in [2.45, 2.75) is 6.42 Å². The maximum atomic E-state index is 13.2. The van der Waals surface area contributed by atoms with Gasteiger partial charge in [-0.1, -0.05) is 41.9 Å². The summed E-state index contributed by atoms with van der Waals surface area (Å²) >= 11 is 5.57. The summed E-state index contributed by atoms with van der Waals surface area (Å²) < 4.78 is 13.2. The molecule has 0 radical (unpaired) electrons. The quantitative estimate of drug-likeness (QED) is 0.883. The van der Waals surface area contributed by atoms with Crippen LogP contribution >= 0.6 is 11.6 Å². The molecule has 5 heteroatoms. The minimum absolute atomic E-state index is 0.0278. The lowest BCUT2D eigenvalue weighted by atomic mass is 10.1. The first-order chi connectivity index (χ1) is 9.65. The summed E-state index contributed by atoms with van der Waals surface area (Å²) in [5.74, 6) is -0.561. The average molecular weight is 293 g/mol. The Bertz CT molecular complexity index is 590. The summed E-state index contributed by atoms with van der Waals surface area (Å²) in [7, 11) is 0. The molecular formula is C15H14ClFN2O. The second-order valence-electron chi connectivity index (χ2n) is 4.25. The number of halogens is 2. The summed E-state index contributed by atoms with van der Waals surface area (Å²) in [5.41, 5.74) is 1.51. The lowest BCUT2D eigenvalue weighted by Crippen LogP contribution is -2.30. The Morgan fingerprint density at radius 2 is 1.90 bits per heavy atom. The fraction of sp³-hybridized carbons (Fsp3) is 0.133. The first kappa shape index (κ1) is 14.3. The molecular weight excluding hydrogens is 279 g/mol. The smallest absolute Gasteiger partial charge is 0.319 e. The molecule has 2 aromatic rings. The molecule has 2 N–H and O–H groups in total. The van der Waals surface area contributed by atoms with Gasteiger partial charge < -0.3 is 10.6 Å². The summed E-state index contributed by atoms with van der Waals surface area (Å²) in [6.07, 6.45) is 0.739. The van der Waals surface area contributed by atoms with E-state index in [0.717, 1.165) is 12.0 Å². The van der Waals surface area contributed by atoms with Crippen molar-refractivity contribution in [3.63, 3.8) is 0 Å². The van der Waals surface area contributed by atoms with Gasteiger partial charge in [0, 0.05) is 12.2 Å². The van der Waals surface area contributed by atoms with E-state index in [1.807, 2.05) is 30.3 Å². The van der Waals surface area contributed by atoms with Crippen LogP contribution in [0, 0.1) is 5.82 Å². The Balaban J connectivity index is 1.79. The van der Waals surface area contributed by atoms with Crippen molar-refractivity contribution in [1.29, 1.82) is 0 Å². The van der Waals surface area contributed by atoms with E-state index in [9.17, 15) is 9.18 Å². The van der Waals surface area contributed by atoms with E-state index >= 15 is 0 Å². The Morgan fingerprint density at radius 1 is 1.15 bits per heavy atom. The van der Waals surface area contributed by atoms with Crippen molar-refractivity contribution in [3.05, 3.63) is 64.9 Å². The maximum Gasteiger partial charge on any atom is 0.319 e. The number of rotatable bonds is 4. The average Bonchev–Trinajstić information content (AvgIpc) is 2.44. The van der Waals surface area contributed by atoms with Crippen molar-refractivity contribution in [2.24, 2.45) is 0 Å². The van der Waals surface area contributed by atoms with E-state index in [4.69, 9.17) is 11.6 Å². The molecule has 0 spiro atoms. The molecule has 0 aliphatic heterocycles. The van der Waals surface area contributed by atoms with Gasteiger partial charge in [0.05, 0.1) is 5.02 Å². The number of carbonyl (C=O) groups excluding carboxylic acids is 1. The van der Waals surface area contributed by atoms with Gasteiger partial charge in [-0.2, -0.15) is 0 Å². The van der Waals surface area contributed by atoms with Crippen molar-refractivity contribution < 1.29 is 9.18 Å². The van der Waals surface area contributed by atoms with Crippen LogP contribution in [0.1, 0.15) is 5.56 Å². The number of benzene rings is 2. The van der Waals surface area contributed by atoms with E-state index in [1.165, 1.54) is 12.1 Å². The monoisotopic (exact) mass is 292 g/mol. The predicted octanol–water partition coefficient (Wildman–Crippen LogP) is 3.84. The molecule has 2 rings (SSSR count). The van der Waals surface area contributed by atoms with E-state index in [0.29, 0.717) is 12.2 Å². The number of carbonyl (C=O) groups is 1. The van der Waals surface area contributed by atoms with Gasteiger partial charge in [-0.15, -0.1) is 0 Å². The van der Waals surface area contributed by atoms with E-state index in [1.54, 1.807) is 6.07 Å². The summed E-state index contributed by atoms with van der Waals surface area (Å²) in [5, 5.41) is 5.28. The third-order valence-corrected chi connectivity index (χ3v) is 3.03. The minimum atomic E-state index is -0.561. The van der Waals surface area contributed by atoms with Crippen molar-refractivity contribution >= 4 is 23.3 Å². The van der Waals surface area contributed by atoms with Crippen LogP contribution in [0.2, 0.25) is 5.02 Å². The van der Waals surface area contributed by atoms with Crippen LogP contribution in [0.3, 0.4) is 0 Å². The molecule has 20 heavy (non-hydrogen) atoms. The summed E-state index contributed by atoms with van der Waals surface area (Å²) in [4.78, 5) is 11.6. The number of nitrogens with one attached hydrogen (secondary N) is 2. The third-order valence-electron chi connectivity index (χ3n) is 2.72. The van der Waals surface area contributed by atoms with Crippen LogP contribution in [0.15, 0.2) is 48.5 Å². The Hall–Kier alpha value is -2.07. The molecule has 0 fully saturated rings. The van der Waals surface area contributed by atoms with Gasteiger partial charge in [-0.25, -0.2) is 9.18 Å². The molecule has 0 heterocycles. The topological polar surface area (TPSA) is 41.1 Å². The number of amides is 2. The molecule has 0 bridgehead atoms. The lowest BCUT2D eigenvalue weighted by molar-refractivity contribution is 0.252. The zero-order chi connectivity index (χ0) is 14.4. The molecule has 2 aromatic carbocycles. The second kappa shape index (κ2) is 6.91. The van der Waals surface area contributed by atoms with Gasteiger partial charge in [-0.3, -0.25) is 0 Å². The first-order valence-corrected chi connectivity index (χ1v) is 6.57. The van der Waals surface area contributed by atoms with E-state index in [-0.39, 0.29) is 11.1 Å². The highest BCUT2D eigenvalue weighted by Gasteiger charge is 2.04. The molecule has 0 aliphatic rings. The normalized spacial score (nSPS) is 10.1. The van der Waals surface area contributed by atoms with Gasteiger partial charge in [0.25, 0.3) is 0 Å². The zero-order valence-electron chi connectivity index (χ0n) is 10.7. The van der Waals surface area contributed by atoms with Crippen LogP contribution < -0.4 is 10.6 Å². The van der Waals surface area contributed by atoms with Crippen molar-refractivity contribution in [2.75, 3.05) is 11.9 Å². The van der Waals surface area contributed by atoms with Crippen LogP contribution in [-0.4, -0.2) is 12.6 Å². The highest BCUT2D eigenvalue weighted by molar-refractivity contribution is 6.30. The van der Waals surface area contributed by atoms with Crippen LogP contribution in [0.4, 0.5) is 14.9 Å². The molecule has 2 amide bonds. The summed E-state index contributed by atoms with van der Waals surface area (Å²) in [6, 6.07) is 13.6. The highest BCUT2D eigenvalue weighted by Crippen LogP contribution is 2.18. The second-order valence-corrected chi connectivity index (χ2v) is 4.65. The fourth-order valence-corrected chi connectivity index (χ4v) is 1.83. The standard InChI is InChI=1S/C15H14ClFN2O/c16-13-7-6-12(10-14(13)17)19-15(20)18-9-8-11-4-2-1-3-5-11/h1-7,10H,8-9H2,(H2,18,19,20). The minimum Gasteiger partial charge on any atom is -0.338 e. The molecule has 104 valence electrons. The maximum absolute atomic E-state index is 13.2. The predicted molar refractivity (Wildman–Crippen MR) is 78.6 cm³/mol. The van der Waals surface area contributed by atoms with Crippen LogP contribution in [-0.2, 0) is 6.42 Å². The molecule has 0 unspecified atom stereocenters. The Labute approximate surface area is 121 Å². The molecule has 0 aliphatic carbocycles. The van der Waals surface area contributed by atoms with Gasteiger partial charge in [-0.05, 0) is 30.2 Å². The SMILES string of the molecule is O=C(NCCc1ccccc1)Nc1ccc(Cl)c(F)c1. The molecule has 3 nitrogen and oxygen atoms in total. The lowest BCUT2D eigenvalue weighted by Gasteiger charge is -2.08. The van der Waals surface area contributed by atoms with E-state index < -0.39 is 5.82 Å². The first-order valence-electron chi connectivity index (χ1n) is 6.19. The molecule has 0 aromatic heterocycles. The molecule has 0 atom stereocenters. The van der Waals surface area contributed by atoms with Gasteiger partial charge in [0.1, 0.15) is 5.82 Å². The third kappa shape index (κ3) is 4.24. The van der Waals surface area contributed by atoms with Crippen LogP contribution in [0.5, 0.6) is 0 Å². The molecule has 0 saturated heterocycles. The van der Waals surface area contributed by atoms with Crippen molar-refractivity contribution in [3.8, 4) is 0 Å².